The quantitative estimate of drug-likeness (QED) is 0.730. The van der Waals surface area contributed by atoms with Gasteiger partial charge in [-0.3, -0.25) is 9.88 Å². The Kier molecular flexibility index (Phi) is 6.20. The molecule has 7 heteroatoms. The zero-order valence-corrected chi connectivity index (χ0v) is 14.0. The Labute approximate surface area is 136 Å². The molecule has 0 aliphatic carbocycles. The number of aryl methyl sites for hydroxylation is 1. The largest absolute Gasteiger partial charge is 0.316 e. The topological polar surface area (TPSA) is 82.7 Å². The lowest BCUT2D eigenvalue weighted by molar-refractivity contribution is 0.320. The molecule has 0 spiro atoms. The van der Waals surface area contributed by atoms with Gasteiger partial charge in [-0.15, -0.1) is 0 Å². The Morgan fingerprint density at radius 2 is 2.17 bits per heavy atom. The summed E-state index contributed by atoms with van der Waals surface area (Å²) in [5.74, 6) is 0. The molecule has 1 N–H and O–H groups in total. The van der Waals surface area contributed by atoms with E-state index in [9.17, 15) is 0 Å². The summed E-state index contributed by atoms with van der Waals surface area (Å²) in [4.78, 5) is 8.13. The molecule has 0 unspecified atom stereocenters. The number of pyridine rings is 1. The molecule has 2 heterocycles. The first kappa shape index (κ1) is 17.1. The van der Waals surface area contributed by atoms with Crippen LogP contribution >= 0.6 is 0 Å². The van der Waals surface area contributed by atoms with Crippen molar-refractivity contribution < 1.29 is 0 Å². The third kappa shape index (κ3) is 5.13. The van der Waals surface area contributed by atoms with Gasteiger partial charge < -0.3 is 5.32 Å². The van der Waals surface area contributed by atoms with Crippen molar-refractivity contribution in [2.45, 2.75) is 26.9 Å². The third-order valence-corrected chi connectivity index (χ3v) is 3.53. The molecule has 2 rings (SSSR count). The van der Waals surface area contributed by atoms with Gasteiger partial charge in [0.1, 0.15) is 12.6 Å². The average molecular weight is 313 g/mol. The Bertz CT molecular complexity index is 671. The highest BCUT2D eigenvalue weighted by Crippen LogP contribution is 2.08. The second-order valence-corrected chi connectivity index (χ2v) is 5.56. The number of nitriles is 1. The van der Waals surface area contributed by atoms with Gasteiger partial charge in [0.2, 0.25) is 0 Å². The highest BCUT2D eigenvalue weighted by atomic mass is 15.5. The van der Waals surface area contributed by atoms with Gasteiger partial charge in [-0.05, 0) is 32.1 Å². The summed E-state index contributed by atoms with van der Waals surface area (Å²) in [6.07, 6.45) is 3.39. The van der Waals surface area contributed by atoms with Crippen LogP contribution in [0.5, 0.6) is 0 Å². The molecule has 0 atom stereocenters. The number of rotatable bonds is 8. The first-order valence-corrected chi connectivity index (χ1v) is 7.76. The van der Waals surface area contributed by atoms with Crippen molar-refractivity contribution in [3.63, 3.8) is 0 Å². The van der Waals surface area contributed by atoms with Gasteiger partial charge in [0.25, 0.3) is 0 Å². The van der Waals surface area contributed by atoms with Crippen molar-refractivity contribution in [3.8, 4) is 6.07 Å². The molecule has 7 nitrogen and oxygen atoms in total. The van der Waals surface area contributed by atoms with Crippen LogP contribution in [0.4, 0.5) is 0 Å². The minimum absolute atomic E-state index is 0.508. The fourth-order valence-corrected chi connectivity index (χ4v) is 2.25. The van der Waals surface area contributed by atoms with Crippen molar-refractivity contribution >= 4 is 0 Å². The number of hydrogen-bond donors (Lipinski definition) is 1. The zero-order chi connectivity index (χ0) is 16.7. The minimum Gasteiger partial charge on any atom is -0.316 e. The van der Waals surface area contributed by atoms with Gasteiger partial charge >= 0.3 is 0 Å². The van der Waals surface area contributed by atoms with Crippen molar-refractivity contribution in [1.29, 1.82) is 5.26 Å². The summed E-state index contributed by atoms with van der Waals surface area (Å²) in [7, 11) is 2.07. The van der Waals surface area contributed by atoms with E-state index in [0.29, 0.717) is 12.1 Å². The average Bonchev–Trinajstić information content (AvgIpc) is 2.94. The van der Waals surface area contributed by atoms with Crippen molar-refractivity contribution in [1.82, 2.24) is 30.2 Å². The number of nitrogens with one attached hydrogen (secondary N) is 1. The van der Waals surface area contributed by atoms with Gasteiger partial charge in [0.05, 0.1) is 23.1 Å². The van der Waals surface area contributed by atoms with Gasteiger partial charge in [-0.1, -0.05) is 6.92 Å². The molecule has 0 bridgehead atoms. The van der Waals surface area contributed by atoms with E-state index in [-0.39, 0.29) is 0 Å². The van der Waals surface area contributed by atoms with Crippen LogP contribution in [0.3, 0.4) is 0 Å². The monoisotopic (exact) mass is 313 g/mol. The first-order chi connectivity index (χ1) is 11.1. The molecule has 2 aromatic rings. The summed E-state index contributed by atoms with van der Waals surface area (Å²) >= 11 is 0. The Morgan fingerprint density at radius 3 is 2.87 bits per heavy atom. The summed E-state index contributed by atoms with van der Waals surface area (Å²) in [6, 6.07) is 4.03. The van der Waals surface area contributed by atoms with Gasteiger partial charge in [-0.2, -0.15) is 20.3 Å². The van der Waals surface area contributed by atoms with Crippen LogP contribution in [0, 0.1) is 18.3 Å². The number of likely N-dealkylation sites (N-methyl/N-ethyl adjacent to an activating group) is 2. The van der Waals surface area contributed by atoms with E-state index in [4.69, 9.17) is 5.26 Å². The lowest BCUT2D eigenvalue weighted by Gasteiger charge is -2.14. The van der Waals surface area contributed by atoms with E-state index in [2.05, 4.69) is 45.4 Å². The van der Waals surface area contributed by atoms with Gasteiger partial charge in [-0.25, -0.2) is 0 Å². The molecular formula is C16H23N7. The van der Waals surface area contributed by atoms with Crippen molar-refractivity contribution in [2.24, 2.45) is 0 Å². The molecule has 0 fully saturated rings. The third-order valence-electron chi connectivity index (χ3n) is 3.53. The number of aromatic nitrogens is 4. The highest BCUT2D eigenvalue weighted by Gasteiger charge is 2.07. The summed E-state index contributed by atoms with van der Waals surface area (Å²) in [5.41, 5.74) is 3.32. The summed E-state index contributed by atoms with van der Waals surface area (Å²) in [5, 5.41) is 21.0. The Morgan fingerprint density at radius 1 is 1.35 bits per heavy atom. The van der Waals surface area contributed by atoms with Gasteiger partial charge in [0, 0.05) is 25.8 Å². The predicted molar refractivity (Wildman–Crippen MR) is 87.7 cm³/mol. The van der Waals surface area contributed by atoms with Crippen LogP contribution in [0.2, 0.25) is 0 Å². The maximum atomic E-state index is 8.93. The second kappa shape index (κ2) is 8.36. The summed E-state index contributed by atoms with van der Waals surface area (Å²) < 4.78 is 0. The Hall–Kier alpha value is -2.30. The molecule has 0 saturated carbocycles. The molecule has 0 radical (unpaired) electrons. The molecule has 0 aliphatic heterocycles. The molecule has 0 amide bonds. The first-order valence-electron chi connectivity index (χ1n) is 7.76. The van der Waals surface area contributed by atoms with E-state index in [1.54, 1.807) is 17.2 Å². The SMILES string of the molecule is CCNCCN(C)Cc1cnn(Cc2cc(C)c(C#N)cn2)n1. The van der Waals surface area contributed by atoms with Crippen molar-refractivity contribution in [3.05, 3.63) is 41.0 Å². The smallest absolute Gasteiger partial charge is 0.103 e. The Balaban J connectivity index is 1.92. The molecule has 122 valence electrons. The fraction of sp³-hybridized carbons (Fsp3) is 0.500. The van der Waals surface area contributed by atoms with Crippen LogP contribution in [-0.4, -0.2) is 51.6 Å². The van der Waals surface area contributed by atoms with Gasteiger partial charge in [0.15, 0.2) is 0 Å². The lowest BCUT2D eigenvalue weighted by Crippen LogP contribution is -2.28. The molecule has 0 aliphatic rings. The van der Waals surface area contributed by atoms with Crippen LogP contribution in [-0.2, 0) is 13.1 Å². The number of hydrogen-bond acceptors (Lipinski definition) is 6. The predicted octanol–water partition coefficient (Wildman–Crippen LogP) is 0.943. The normalized spacial score (nSPS) is 10.9. The van der Waals surface area contributed by atoms with Crippen LogP contribution in [0.15, 0.2) is 18.5 Å². The molecule has 0 aromatic carbocycles. The highest BCUT2D eigenvalue weighted by molar-refractivity contribution is 5.35. The molecular weight excluding hydrogens is 290 g/mol. The maximum absolute atomic E-state index is 8.93. The lowest BCUT2D eigenvalue weighted by atomic mass is 10.1. The minimum atomic E-state index is 0.508. The van der Waals surface area contributed by atoms with Crippen LogP contribution < -0.4 is 5.32 Å². The van der Waals surface area contributed by atoms with E-state index < -0.39 is 0 Å². The fourth-order valence-electron chi connectivity index (χ4n) is 2.25. The molecule has 23 heavy (non-hydrogen) atoms. The molecule has 0 saturated heterocycles. The molecule has 2 aromatic heterocycles. The van der Waals surface area contributed by atoms with Crippen LogP contribution in [0.1, 0.15) is 29.4 Å². The van der Waals surface area contributed by atoms with E-state index in [1.807, 2.05) is 13.0 Å². The van der Waals surface area contributed by atoms with E-state index in [0.717, 1.165) is 43.1 Å². The number of nitrogens with zero attached hydrogens (tertiary/aromatic N) is 6. The maximum Gasteiger partial charge on any atom is 0.103 e. The standard InChI is InChI=1S/C16H23N7/c1-4-18-5-6-22(3)11-16-10-20-23(21-16)12-15-7-13(2)14(8-17)9-19-15/h7,9-10,18H,4-6,11-12H2,1-3H3. The van der Waals surface area contributed by atoms with E-state index in [1.165, 1.54) is 0 Å². The summed E-state index contributed by atoms with van der Waals surface area (Å²) in [6.45, 7) is 8.21. The van der Waals surface area contributed by atoms with Crippen LogP contribution in [0.25, 0.3) is 0 Å². The van der Waals surface area contributed by atoms with Crippen molar-refractivity contribution in [2.75, 3.05) is 26.7 Å². The second-order valence-electron chi connectivity index (χ2n) is 5.56. The van der Waals surface area contributed by atoms with E-state index >= 15 is 0 Å². The zero-order valence-electron chi connectivity index (χ0n) is 14.0.